The molecule has 3 aromatic rings. The van der Waals surface area contributed by atoms with Crippen LogP contribution in [0.3, 0.4) is 0 Å². The summed E-state index contributed by atoms with van der Waals surface area (Å²) in [4.78, 5) is 13.8. The molecule has 9 heteroatoms. The van der Waals surface area contributed by atoms with Crippen LogP contribution in [0.15, 0.2) is 59.6 Å². The van der Waals surface area contributed by atoms with E-state index in [-0.39, 0.29) is 23.7 Å². The molecule has 0 aliphatic rings. The first-order valence-corrected chi connectivity index (χ1v) is 10.2. The van der Waals surface area contributed by atoms with Gasteiger partial charge in [-0.25, -0.2) is 13.1 Å². The molecule has 1 amide bonds. The number of sulfonamides is 1. The number of carbonyl (C=O) groups is 1. The van der Waals surface area contributed by atoms with Gasteiger partial charge in [0.2, 0.25) is 10.0 Å². The summed E-state index contributed by atoms with van der Waals surface area (Å²) in [5.41, 5.74) is 2.42. The highest BCUT2D eigenvalue weighted by atomic mass is 32.2. The zero-order chi connectivity index (χ0) is 20.1. The van der Waals surface area contributed by atoms with Gasteiger partial charge in [-0.05, 0) is 43.2 Å². The molecule has 0 radical (unpaired) electrons. The lowest BCUT2D eigenvalue weighted by molar-refractivity contribution is 0.0949. The number of benzene rings is 2. The highest BCUT2D eigenvalue weighted by molar-refractivity contribution is 7.89. The molecular formula is C19H21N5O3S. The van der Waals surface area contributed by atoms with Gasteiger partial charge in [-0.2, -0.15) is 9.90 Å². The van der Waals surface area contributed by atoms with Crippen molar-refractivity contribution in [3.8, 4) is 5.69 Å². The van der Waals surface area contributed by atoms with E-state index >= 15 is 0 Å². The van der Waals surface area contributed by atoms with Gasteiger partial charge in [0, 0.05) is 13.1 Å². The maximum Gasteiger partial charge on any atom is 0.273 e. The van der Waals surface area contributed by atoms with Crippen LogP contribution >= 0.6 is 0 Å². The molecule has 2 N–H and O–H groups in total. The Morgan fingerprint density at radius 2 is 1.82 bits per heavy atom. The number of hydrogen-bond acceptors (Lipinski definition) is 5. The van der Waals surface area contributed by atoms with Crippen LogP contribution in [0.4, 0.5) is 0 Å². The van der Waals surface area contributed by atoms with E-state index in [2.05, 4.69) is 20.2 Å². The monoisotopic (exact) mass is 399 g/mol. The molecule has 0 spiro atoms. The van der Waals surface area contributed by atoms with Crippen LogP contribution < -0.4 is 10.0 Å². The fourth-order valence-corrected chi connectivity index (χ4v) is 3.94. The molecule has 8 nitrogen and oxygen atoms in total. The second-order valence-corrected chi connectivity index (χ2v) is 8.01. The smallest absolute Gasteiger partial charge is 0.273 e. The van der Waals surface area contributed by atoms with Crippen molar-refractivity contribution in [2.24, 2.45) is 0 Å². The van der Waals surface area contributed by atoms with Crippen molar-refractivity contribution in [3.63, 3.8) is 0 Å². The fraction of sp³-hybridized carbons (Fsp3) is 0.211. The van der Waals surface area contributed by atoms with E-state index in [1.807, 2.05) is 43.3 Å². The van der Waals surface area contributed by atoms with E-state index in [0.29, 0.717) is 5.56 Å². The van der Waals surface area contributed by atoms with Gasteiger partial charge in [-0.3, -0.25) is 4.79 Å². The summed E-state index contributed by atoms with van der Waals surface area (Å²) in [6.45, 7) is 3.77. The normalized spacial score (nSPS) is 11.4. The fourth-order valence-electron chi connectivity index (χ4n) is 2.58. The molecule has 0 unspecified atom stereocenters. The van der Waals surface area contributed by atoms with E-state index in [1.165, 1.54) is 11.0 Å². The van der Waals surface area contributed by atoms with Crippen LogP contribution in [0.2, 0.25) is 0 Å². The van der Waals surface area contributed by atoms with Crippen molar-refractivity contribution in [1.29, 1.82) is 0 Å². The highest BCUT2D eigenvalue weighted by Crippen LogP contribution is 2.16. The summed E-state index contributed by atoms with van der Waals surface area (Å²) in [5, 5.41) is 10.8. The Bertz CT molecular complexity index is 1080. The second kappa shape index (κ2) is 8.32. The van der Waals surface area contributed by atoms with E-state index in [0.717, 1.165) is 11.3 Å². The molecular weight excluding hydrogens is 378 g/mol. The van der Waals surface area contributed by atoms with E-state index in [1.54, 1.807) is 19.1 Å². The van der Waals surface area contributed by atoms with E-state index in [4.69, 9.17) is 0 Å². The molecule has 0 fully saturated rings. The van der Waals surface area contributed by atoms with Crippen LogP contribution in [0.25, 0.3) is 5.69 Å². The Kier molecular flexibility index (Phi) is 5.86. The number of nitrogens with one attached hydrogen (secondary N) is 2. The number of amides is 1. The minimum Gasteiger partial charge on any atom is -0.349 e. The molecule has 1 heterocycles. The van der Waals surface area contributed by atoms with Crippen molar-refractivity contribution in [1.82, 2.24) is 25.0 Å². The second-order valence-electron chi connectivity index (χ2n) is 6.28. The Balaban J connectivity index is 1.55. The van der Waals surface area contributed by atoms with Gasteiger partial charge in [-0.15, -0.1) is 5.10 Å². The molecule has 0 aliphatic heterocycles. The van der Waals surface area contributed by atoms with Crippen LogP contribution in [-0.2, 0) is 10.0 Å². The van der Waals surface area contributed by atoms with Crippen molar-refractivity contribution >= 4 is 15.9 Å². The zero-order valence-electron chi connectivity index (χ0n) is 15.6. The molecule has 146 valence electrons. The van der Waals surface area contributed by atoms with Crippen molar-refractivity contribution in [2.45, 2.75) is 18.7 Å². The minimum atomic E-state index is -3.64. The topological polar surface area (TPSA) is 106 Å². The van der Waals surface area contributed by atoms with Crippen molar-refractivity contribution in [3.05, 3.63) is 71.5 Å². The van der Waals surface area contributed by atoms with Gasteiger partial charge in [0.25, 0.3) is 5.91 Å². The molecule has 1 aromatic heterocycles. The van der Waals surface area contributed by atoms with E-state index < -0.39 is 15.9 Å². The Morgan fingerprint density at radius 3 is 2.57 bits per heavy atom. The van der Waals surface area contributed by atoms with Gasteiger partial charge in [-0.1, -0.05) is 30.3 Å². The van der Waals surface area contributed by atoms with Crippen LogP contribution in [-0.4, -0.2) is 42.4 Å². The van der Waals surface area contributed by atoms with Crippen molar-refractivity contribution < 1.29 is 13.2 Å². The summed E-state index contributed by atoms with van der Waals surface area (Å²) >= 11 is 0. The number of aryl methyl sites for hydroxylation is 2. The molecule has 0 bridgehead atoms. The number of carbonyl (C=O) groups excluding carboxylic acids is 1. The zero-order valence-corrected chi connectivity index (χ0v) is 16.4. The Hall–Kier alpha value is -3.04. The van der Waals surface area contributed by atoms with Crippen molar-refractivity contribution in [2.75, 3.05) is 13.1 Å². The van der Waals surface area contributed by atoms with Crippen LogP contribution in [0.5, 0.6) is 0 Å². The lowest BCUT2D eigenvalue weighted by Crippen LogP contribution is -2.35. The van der Waals surface area contributed by atoms with Crippen LogP contribution in [0, 0.1) is 13.8 Å². The number of hydrogen-bond donors (Lipinski definition) is 2. The van der Waals surface area contributed by atoms with Gasteiger partial charge < -0.3 is 5.32 Å². The molecule has 0 saturated heterocycles. The first kappa shape index (κ1) is 19.7. The lowest BCUT2D eigenvalue weighted by Gasteiger charge is -2.10. The summed E-state index contributed by atoms with van der Waals surface area (Å²) in [6, 6.07) is 14.5. The average Bonchev–Trinajstić information content (AvgIpc) is 3.18. The quantitative estimate of drug-likeness (QED) is 0.587. The SMILES string of the molecule is Cc1ccc(C)c(S(=O)(=O)NCCNC(=O)c2cnn(-c3ccccc3)n2)c1. The van der Waals surface area contributed by atoms with Crippen LogP contribution in [0.1, 0.15) is 21.6 Å². The van der Waals surface area contributed by atoms with Gasteiger partial charge in [0.1, 0.15) is 0 Å². The number of rotatable bonds is 7. The lowest BCUT2D eigenvalue weighted by atomic mass is 10.2. The number of aromatic nitrogens is 3. The van der Waals surface area contributed by atoms with Gasteiger partial charge in [0.05, 0.1) is 16.8 Å². The predicted octanol–water partition coefficient (Wildman–Crippen LogP) is 1.59. The largest absolute Gasteiger partial charge is 0.349 e. The first-order chi connectivity index (χ1) is 13.4. The standard InChI is InChI=1S/C19H21N5O3S/c1-14-8-9-15(2)18(12-14)28(26,27)22-11-10-20-19(25)17-13-21-24(23-17)16-6-4-3-5-7-16/h3-9,12-13,22H,10-11H2,1-2H3,(H,20,25). The van der Waals surface area contributed by atoms with E-state index in [9.17, 15) is 13.2 Å². The average molecular weight is 399 g/mol. The molecule has 0 saturated carbocycles. The molecule has 0 aliphatic carbocycles. The third-order valence-corrected chi connectivity index (χ3v) is 5.65. The highest BCUT2D eigenvalue weighted by Gasteiger charge is 2.17. The maximum absolute atomic E-state index is 12.4. The number of nitrogens with zero attached hydrogens (tertiary/aromatic N) is 3. The Labute approximate surface area is 163 Å². The summed E-state index contributed by atoms with van der Waals surface area (Å²) < 4.78 is 27.4. The third kappa shape index (κ3) is 4.62. The molecule has 28 heavy (non-hydrogen) atoms. The molecule has 0 atom stereocenters. The number of para-hydroxylation sites is 1. The first-order valence-electron chi connectivity index (χ1n) is 8.70. The Morgan fingerprint density at radius 1 is 1.07 bits per heavy atom. The summed E-state index contributed by atoms with van der Waals surface area (Å²) in [5.74, 6) is -0.423. The minimum absolute atomic E-state index is 0.0638. The molecule has 3 rings (SSSR count). The van der Waals surface area contributed by atoms with Gasteiger partial charge in [0.15, 0.2) is 5.69 Å². The molecule has 2 aromatic carbocycles. The summed E-state index contributed by atoms with van der Waals surface area (Å²) in [6.07, 6.45) is 1.36. The summed E-state index contributed by atoms with van der Waals surface area (Å²) in [7, 11) is -3.64. The predicted molar refractivity (Wildman–Crippen MR) is 105 cm³/mol. The van der Waals surface area contributed by atoms with Gasteiger partial charge >= 0.3 is 0 Å². The maximum atomic E-state index is 12.4. The third-order valence-electron chi connectivity index (χ3n) is 4.05.